The maximum Gasteiger partial charge on any atom is 0.303 e. The van der Waals surface area contributed by atoms with Gasteiger partial charge < -0.3 is 5.11 Å². The van der Waals surface area contributed by atoms with Crippen molar-refractivity contribution in [2.75, 3.05) is 0 Å². The maximum absolute atomic E-state index is 10.1. The van der Waals surface area contributed by atoms with E-state index in [0.717, 1.165) is 0 Å². The van der Waals surface area contributed by atoms with E-state index in [1.54, 1.807) is 6.92 Å². The summed E-state index contributed by atoms with van der Waals surface area (Å²) in [5, 5.41) is 8.25. The summed E-state index contributed by atoms with van der Waals surface area (Å²) in [4.78, 5) is 10.1. The summed E-state index contributed by atoms with van der Waals surface area (Å²) in [6.45, 7) is 1.58. The minimum absolute atomic E-state index is 0.208. The predicted molar refractivity (Wildman–Crippen MR) is 27.2 cm³/mol. The summed E-state index contributed by atoms with van der Waals surface area (Å²) < 4.78 is 20.7. The van der Waals surface area contributed by atoms with Crippen LogP contribution in [0, 0.1) is 0 Å². The van der Waals surface area contributed by atoms with Gasteiger partial charge in [0.15, 0.2) is 0 Å². The second-order valence-electron chi connectivity index (χ2n) is 1.06. The molecule has 1 N–H and O–H groups in total. The Morgan fingerprint density at radius 3 is 2.71 bits per heavy atom. The molecule has 0 fully saturated rings. The molecule has 0 bridgehead atoms. The lowest BCUT2D eigenvalue weighted by Gasteiger charge is -1.85. The molecule has 0 saturated heterocycles. The third kappa shape index (κ3) is 5.47. The topological polar surface area (TPSA) is 37.3 Å². The summed E-state index contributed by atoms with van der Waals surface area (Å²) in [5.74, 6) is -1.56. The fourth-order valence-corrected chi connectivity index (χ4v) is 0.189. The van der Waals surface area contributed by atoms with E-state index in [-0.39, 0.29) is 6.42 Å². The molecule has 0 spiro atoms. The quantitative estimate of drug-likeness (QED) is 0.586. The first kappa shape index (κ1) is 2.70. The van der Waals surface area contributed by atoms with Crippen molar-refractivity contribution in [3.05, 3.63) is 0 Å². The zero-order chi connectivity index (χ0) is 8.36. The number of aliphatic carboxylic acids is 1. The van der Waals surface area contributed by atoms with Crippen LogP contribution in [0.1, 0.15) is 30.2 Å². The monoisotopic (exact) mass is 105 g/mol. The van der Waals surface area contributed by atoms with Crippen LogP contribution in [0.25, 0.3) is 0 Å². The van der Waals surface area contributed by atoms with E-state index in [9.17, 15) is 4.79 Å². The smallest absolute Gasteiger partial charge is 0.303 e. The van der Waals surface area contributed by atoms with Crippen LogP contribution >= 0.6 is 0 Å². The normalized spacial score (nSPS) is 21.6. The molecule has 42 valence electrons. The number of rotatable bonds is 3. The van der Waals surface area contributed by atoms with E-state index in [1.807, 2.05) is 0 Å². The van der Waals surface area contributed by atoms with Crippen molar-refractivity contribution >= 4 is 5.97 Å². The minimum atomic E-state index is -2.41. The van der Waals surface area contributed by atoms with Gasteiger partial charge in [-0.2, -0.15) is 0 Å². The molecule has 1 atom stereocenters. The van der Waals surface area contributed by atoms with Gasteiger partial charge in [0.2, 0.25) is 0 Å². The van der Waals surface area contributed by atoms with E-state index in [2.05, 4.69) is 0 Å². The van der Waals surface area contributed by atoms with Crippen LogP contribution in [-0.4, -0.2) is 11.1 Å². The number of carboxylic acids is 1. The zero-order valence-electron chi connectivity index (χ0n) is 7.14. The third-order valence-electron chi connectivity index (χ3n) is 0.430. The van der Waals surface area contributed by atoms with Crippen LogP contribution in [0.5, 0.6) is 0 Å². The molecule has 0 heterocycles. The van der Waals surface area contributed by atoms with Gasteiger partial charge in [0.25, 0.3) is 0 Å². The lowest BCUT2D eigenvalue weighted by atomic mass is 10.3. The molecule has 1 unspecified atom stereocenters. The molecule has 0 rings (SSSR count). The molecule has 2 nitrogen and oxygen atoms in total. The molecule has 0 amide bonds. The number of hydrogen-bond acceptors (Lipinski definition) is 1. The van der Waals surface area contributed by atoms with Crippen molar-refractivity contribution in [2.45, 2.75) is 26.1 Å². The summed E-state index contributed by atoms with van der Waals surface area (Å²) in [6.07, 6.45) is -3.38. The van der Waals surface area contributed by atoms with Crippen molar-refractivity contribution in [3.8, 4) is 0 Å². The van der Waals surface area contributed by atoms with Gasteiger partial charge in [0, 0.05) is 10.5 Å². The second kappa shape index (κ2) is 3.65. The summed E-state index contributed by atoms with van der Waals surface area (Å²) >= 11 is 0. The van der Waals surface area contributed by atoms with Gasteiger partial charge >= 0.3 is 5.97 Å². The highest BCUT2D eigenvalue weighted by Crippen LogP contribution is 1.91. The number of carbonyl (C=O) groups is 1. The Balaban J connectivity index is 4.23. The van der Waals surface area contributed by atoms with Crippen molar-refractivity contribution in [2.24, 2.45) is 0 Å². The summed E-state index contributed by atoms with van der Waals surface area (Å²) in [5.41, 5.74) is 0. The molecule has 2 heteroatoms. The van der Waals surface area contributed by atoms with Crippen LogP contribution in [-0.2, 0) is 4.79 Å². The van der Waals surface area contributed by atoms with Crippen molar-refractivity contribution in [3.63, 3.8) is 0 Å². The van der Waals surface area contributed by atoms with Crippen LogP contribution in [0.15, 0.2) is 0 Å². The van der Waals surface area contributed by atoms with E-state index >= 15 is 0 Å². The SMILES string of the molecule is [2H]C(CC)C([2H])([2H])C(=O)O. The van der Waals surface area contributed by atoms with E-state index in [1.165, 1.54) is 0 Å². The van der Waals surface area contributed by atoms with Crippen LogP contribution in [0.2, 0.25) is 0 Å². The molecule has 0 aromatic carbocycles. The zero-order valence-corrected chi connectivity index (χ0v) is 4.14. The van der Waals surface area contributed by atoms with Crippen LogP contribution < -0.4 is 0 Å². The standard InChI is InChI=1S/C5H10O2/c1-2-3-4-5(6)7/h2-4H2,1H3,(H,6,7)/i3D,4D2. The molecule has 0 aliphatic carbocycles. The Morgan fingerprint density at radius 1 is 2.00 bits per heavy atom. The highest BCUT2D eigenvalue weighted by molar-refractivity contribution is 5.66. The summed E-state index contributed by atoms with van der Waals surface area (Å²) in [6, 6.07) is 0. The Kier molecular flexibility index (Phi) is 1.41. The van der Waals surface area contributed by atoms with Gasteiger partial charge in [-0.05, 0) is 6.40 Å². The minimum Gasteiger partial charge on any atom is -0.481 e. The Bertz CT molecular complexity index is 135. The van der Waals surface area contributed by atoms with Crippen molar-refractivity contribution < 1.29 is 14.0 Å². The van der Waals surface area contributed by atoms with Gasteiger partial charge in [-0.3, -0.25) is 4.79 Å². The van der Waals surface area contributed by atoms with Crippen LogP contribution in [0.3, 0.4) is 0 Å². The Morgan fingerprint density at radius 2 is 2.57 bits per heavy atom. The fraction of sp³-hybridized carbons (Fsp3) is 0.800. The molecule has 7 heavy (non-hydrogen) atoms. The van der Waals surface area contributed by atoms with Crippen molar-refractivity contribution in [1.29, 1.82) is 0 Å². The average molecular weight is 105 g/mol. The Hall–Kier alpha value is -0.530. The van der Waals surface area contributed by atoms with Gasteiger partial charge in [0.05, 0.1) is 0 Å². The first-order valence-electron chi connectivity index (χ1n) is 3.66. The maximum atomic E-state index is 10.1. The van der Waals surface area contributed by atoms with E-state index < -0.39 is 18.7 Å². The lowest BCUT2D eigenvalue weighted by molar-refractivity contribution is -0.137. The lowest BCUT2D eigenvalue weighted by Crippen LogP contribution is -1.91. The first-order chi connectivity index (χ1) is 4.42. The van der Waals surface area contributed by atoms with Crippen LogP contribution in [0.4, 0.5) is 0 Å². The predicted octanol–water partition coefficient (Wildman–Crippen LogP) is 1.26. The van der Waals surface area contributed by atoms with E-state index in [0.29, 0.717) is 0 Å². The molecule has 0 aromatic heterocycles. The molecule has 0 radical (unpaired) electrons. The molecule has 0 aromatic rings. The van der Waals surface area contributed by atoms with Gasteiger partial charge in [0.1, 0.15) is 0 Å². The number of hydrogen-bond donors (Lipinski definition) is 1. The average Bonchev–Trinajstić information content (AvgIpc) is 1.86. The van der Waals surface area contributed by atoms with Crippen molar-refractivity contribution in [1.82, 2.24) is 0 Å². The van der Waals surface area contributed by atoms with E-state index in [4.69, 9.17) is 9.22 Å². The summed E-state index contributed by atoms with van der Waals surface area (Å²) in [7, 11) is 0. The van der Waals surface area contributed by atoms with Gasteiger partial charge in [-0.1, -0.05) is 13.3 Å². The second-order valence-corrected chi connectivity index (χ2v) is 1.06. The number of carboxylic acid groups (broad SMARTS) is 1. The highest BCUT2D eigenvalue weighted by atomic mass is 16.4. The fourth-order valence-electron chi connectivity index (χ4n) is 0.189. The molecule has 0 aliphatic heterocycles. The molecular formula is C5H10O2. The highest BCUT2D eigenvalue weighted by Gasteiger charge is 1.90. The first-order valence-corrected chi connectivity index (χ1v) is 2.08. The largest absolute Gasteiger partial charge is 0.481 e. The molecular weight excluding hydrogens is 92.1 g/mol. The van der Waals surface area contributed by atoms with Gasteiger partial charge in [-0.15, -0.1) is 0 Å². The van der Waals surface area contributed by atoms with Gasteiger partial charge in [-0.25, -0.2) is 0 Å². The molecule has 0 saturated carbocycles. The Labute approximate surface area is 47.4 Å². The third-order valence-corrected chi connectivity index (χ3v) is 0.430. The molecule has 0 aliphatic rings.